The van der Waals surface area contributed by atoms with Crippen LogP contribution >= 0.6 is 0 Å². The Labute approximate surface area is 79.0 Å². The van der Waals surface area contributed by atoms with E-state index in [1.807, 2.05) is 0 Å². The fourth-order valence-electron chi connectivity index (χ4n) is 0.245. The van der Waals surface area contributed by atoms with Crippen LogP contribution in [0.15, 0.2) is 0 Å². The number of hydrogen-bond acceptors (Lipinski definition) is 4. The summed E-state index contributed by atoms with van der Waals surface area (Å²) in [6.07, 6.45) is -2.72. The summed E-state index contributed by atoms with van der Waals surface area (Å²) in [5, 5.41) is 25.7. The Morgan fingerprint density at radius 1 is 1.50 bits per heavy atom. The van der Waals surface area contributed by atoms with Crippen LogP contribution in [-0.4, -0.2) is 28.3 Å². The molecule has 0 aliphatic rings. The molecule has 0 spiro atoms. The zero-order chi connectivity index (χ0) is 7.44. The molecule has 10 heavy (non-hydrogen) atoms. The van der Waals surface area contributed by atoms with Crippen molar-refractivity contribution in [1.29, 1.82) is 0 Å². The molecule has 0 aromatic carbocycles. The van der Waals surface area contributed by atoms with E-state index in [4.69, 9.17) is 10.2 Å². The van der Waals surface area contributed by atoms with Gasteiger partial charge in [0, 0.05) is 12.4 Å². The topological polar surface area (TPSA) is 97.7 Å². The number of rotatable bonds is 3. The van der Waals surface area contributed by atoms with Crippen LogP contribution in [0.1, 0.15) is 6.42 Å². The normalized spacial score (nSPS) is 11.3. The largest absolute Gasteiger partial charge is 1.00 e. The fourth-order valence-corrected chi connectivity index (χ4v) is 0.245. The summed E-state index contributed by atoms with van der Waals surface area (Å²) in [5.74, 6) is -3.14. The van der Waals surface area contributed by atoms with Gasteiger partial charge in [-0.1, -0.05) is 0 Å². The van der Waals surface area contributed by atoms with Gasteiger partial charge in [0.2, 0.25) is 0 Å². The van der Waals surface area contributed by atoms with Crippen LogP contribution in [0, 0.1) is 0 Å². The number of hydrogen-bond donors (Lipinski definition) is 2. The smallest absolute Gasteiger partial charge is 0.550 e. The molecule has 0 aliphatic carbocycles. The van der Waals surface area contributed by atoms with Crippen LogP contribution in [0.25, 0.3) is 0 Å². The molecule has 0 saturated carbocycles. The summed E-state index contributed by atoms with van der Waals surface area (Å²) in [4.78, 5) is 19.3. The van der Waals surface area contributed by atoms with Gasteiger partial charge in [0.05, 0.1) is 0 Å². The molecule has 0 fully saturated rings. The Morgan fingerprint density at radius 3 is 2.00 bits per heavy atom. The third kappa shape index (κ3) is 6.03. The third-order valence-electron chi connectivity index (χ3n) is 0.645. The van der Waals surface area contributed by atoms with Crippen molar-refractivity contribution in [3.63, 3.8) is 0 Å². The maximum Gasteiger partial charge on any atom is 1.00 e. The predicted molar refractivity (Wildman–Crippen MR) is 23.3 cm³/mol. The Balaban J connectivity index is 0. The van der Waals surface area contributed by atoms with Crippen LogP contribution < -0.4 is 34.7 Å². The predicted octanol–water partition coefficient (Wildman–Crippen LogP) is -5.42. The second kappa shape index (κ2) is 5.67. The Hall–Kier alpha value is -0.100. The molecule has 0 aromatic rings. The summed E-state index contributed by atoms with van der Waals surface area (Å²) in [6, 6.07) is 0. The van der Waals surface area contributed by atoms with E-state index >= 15 is 0 Å². The van der Waals surface area contributed by atoms with Gasteiger partial charge >= 0.3 is 35.5 Å². The maximum atomic E-state index is 9.69. The van der Waals surface area contributed by atoms with Crippen molar-refractivity contribution < 1.29 is 54.5 Å². The Bertz CT molecular complexity index is 134. The average molecular weight is 156 g/mol. The molecule has 5 nitrogen and oxygen atoms in total. The van der Waals surface area contributed by atoms with Crippen molar-refractivity contribution >= 4 is 11.9 Å². The first-order chi connectivity index (χ1) is 4.04. The van der Waals surface area contributed by atoms with Crippen LogP contribution in [0.3, 0.4) is 0 Å². The van der Waals surface area contributed by atoms with Crippen molar-refractivity contribution in [2.24, 2.45) is 0 Å². The van der Waals surface area contributed by atoms with E-state index in [-0.39, 0.29) is 29.6 Å². The minimum absolute atomic E-state index is 0. The van der Waals surface area contributed by atoms with Crippen molar-refractivity contribution in [1.82, 2.24) is 0 Å². The summed E-state index contributed by atoms with van der Waals surface area (Å²) in [6.45, 7) is 0. The van der Waals surface area contributed by atoms with E-state index in [0.29, 0.717) is 0 Å². The molecule has 0 amide bonds. The third-order valence-corrected chi connectivity index (χ3v) is 0.645. The van der Waals surface area contributed by atoms with Gasteiger partial charge in [-0.15, -0.1) is 0 Å². The molecular formula is C4H5NaO5. The van der Waals surface area contributed by atoms with Crippen molar-refractivity contribution in [3.05, 3.63) is 0 Å². The van der Waals surface area contributed by atoms with E-state index in [1.54, 1.807) is 0 Å². The Morgan fingerprint density at radius 2 is 1.90 bits per heavy atom. The number of carbonyl (C=O) groups is 2. The zero-order valence-corrected chi connectivity index (χ0v) is 7.40. The number of aliphatic carboxylic acids is 2. The molecule has 0 saturated heterocycles. The molecule has 1 unspecified atom stereocenters. The van der Waals surface area contributed by atoms with Crippen molar-refractivity contribution in [2.45, 2.75) is 12.5 Å². The number of aliphatic hydroxyl groups is 1. The SMILES string of the molecule is O=C([O-])CC(O)C(=O)O.[Na+]. The first kappa shape index (κ1) is 12.6. The molecule has 0 aromatic heterocycles. The summed E-state index contributed by atoms with van der Waals surface area (Å²) < 4.78 is 0. The van der Waals surface area contributed by atoms with Gasteiger partial charge < -0.3 is 20.1 Å². The maximum absolute atomic E-state index is 9.69. The van der Waals surface area contributed by atoms with Crippen molar-refractivity contribution in [2.75, 3.05) is 0 Å². The van der Waals surface area contributed by atoms with Gasteiger partial charge in [0.15, 0.2) is 6.10 Å². The number of carbonyl (C=O) groups excluding carboxylic acids is 1. The van der Waals surface area contributed by atoms with Gasteiger partial charge in [0.1, 0.15) is 0 Å². The second-order valence-corrected chi connectivity index (χ2v) is 1.43. The first-order valence-corrected chi connectivity index (χ1v) is 2.14. The minimum atomic E-state index is -1.85. The summed E-state index contributed by atoms with van der Waals surface area (Å²) in [7, 11) is 0. The van der Waals surface area contributed by atoms with Gasteiger partial charge in [-0.2, -0.15) is 0 Å². The zero-order valence-electron chi connectivity index (χ0n) is 5.40. The molecule has 0 radical (unpaired) electrons. The van der Waals surface area contributed by atoms with E-state index in [1.165, 1.54) is 0 Å². The molecule has 0 heterocycles. The van der Waals surface area contributed by atoms with E-state index in [0.717, 1.165) is 0 Å². The molecule has 6 heteroatoms. The summed E-state index contributed by atoms with van der Waals surface area (Å²) in [5.41, 5.74) is 0. The van der Waals surface area contributed by atoms with Crippen LogP contribution in [0.2, 0.25) is 0 Å². The molecule has 52 valence electrons. The summed E-state index contributed by atoms with van der Waals surface area (Å²) >= 11 is 0. The second-order valence-electron chi connectivity index (χ2n) is 1.43. The van der Waals surface area contributed by atoms with Gasteiger partial charge in [-0.05, 0) is 0 Å². The van der Waals surface area contributed by atoms with Gasteiger partial charge in [0.25, 0.3) is 0 Å². The fraction of sp³-hybridized carbons (Fsp3) is 0.500. The van der Waals surface area contributed by atoms with E-state index < -0.39 is 24.5 Å². The molecule has 1 atom stereocenters. The van der Waals surface area contributed by atoms with Gasteiger partial charge in [-0.3, -0.25) is 0 Å². The van der Waals surface area contributed by atoms with Crippen LogP contribution in [-0.2, 0) is 9.59 Å². The molecule has 0 rings (SSSR count). The quantitative estimate of drug-likeness (QED) is 0.397. The number of carboxylic acids is 2. The van der Waals surface area contributed by atoms with E-state index in [9.17, 15) is 14.7 Å². The van der Waals surface area contributed by atoms with E-state index in [2.05, 4.69) is 0 Å². The van der Waals surface area contributed by atoms with Crippen molar-refractivity contribution in [3.8, 4) is 0 Å². The molecule has 0 aliphatic heterocycles. The average Bonchev–Trinajstić information content (AvgIpc) is 1.63. The standard InChI is InChI=1S/C4H6O5.Na/c5-2(4(8)9)1-3(6)7;/h2,5H,1H2,(H,6,7)(H,8,9);/q;+1/p-1. The first-order valence-electron chi connectivity index (χ1n) is 2.14. The van der Waals surface area contributed by atoms with Crippen LogP contribution in [0.5, 0.6) is 0 Å². The van der Waals surface area contributed by atoms with Crippen LogP contribution in [0.4, 0.5) is 0 Å². The number of aliphatic hydroxyl groups excluding tert-OH is 1. The Kier molecular flexibility index (Phi) is 7.12. The molecule has 0 bridgehead atoms. The minimum Gasteiger partial charge on any atom is -0.550 e. The number of carboxylic acid groups (broad SMARTS) is 2. The van der Waals surface area contributed by atoms with Gasteiger partial charge in [-0.25, -0.2) is 4.79 Å². The molecular weight excluding hydrogens is 151 g/mol. The molecule has 2 N–H and O–H groups in total. The monoisotopic (exact) mass is 156 g/mol.